The van der Waals surface area contributed by atoms with E-state index in [0.717, 1.165) is 0 Å². The molecule has 31 heavy (non-hydrogen) atoms. The Labute approximate surface area is 230 Å². The Hall–Kier alpha value is 2.99. The zero-order valence-corrected chi connectivity index (χ0v) is 36.3. The lowest BCUT2D eigenvalue weighted by atomic mass is 11.0. The summed E-state index contributed by atoms with van der Waals surface area (Å²) in [7, 11) is -7.11. The van der Waals surface area contributed by atoms with Crippen LogP contribution in [0.1, 0.15) is 6.92 Å². The first-order valence-electron chi connectivity index (χ1n) is 11.7. The largest absolute Gasteiger partial charge is 0.366 e. The normalized spacial score (nSPS) is 14.0. The van der Waals surface area contributed by atoms with Crippen molar-refractivity contribution < 1.29 is 0 Å². The molecule has 0 N–H and O–H groups in total. The summed E-state index contributed by atoms with van der Waals surface area (Å²) in [4.78, 5) is 0. The molecule has 0 aliphatic carbocycles. The van der Waals surface area contributed by atoms with E-state index in [9.17, 15) is 0 Å². The summed E-state index contributed by atoms with van der Waals surface area (Å²) in [5, 5.41) is 0. The summed E-state index contributed by atoms with van der Waals surface area (Å²) in [6.07, 6.45) is 0. The van der Waals surface area contributed by atoms with Gasteiger partial charge < -0.3 is 11.7 Å². The monoisotopic (exact) mass is 667 g/mol. The molecule has 0 aromatic rings. The molecule has 192 valence electrons. The van der Waals surface area contributed by atoms with Crippen molar-refractivity contribution in [3.05, 3.63) is 0 Å². The van der Waals surface area contributed by atoms with Crippen LogP contribution < -0.4 is 0 Å². The number of hydrogen-bond acceptors (Lipinski definition) is 3. The van der Waals surface area contributed by atoms with Crippen molar-refractivity contribution >= 4 is 122 Å². The summed E-state index contributed by atoms with van der Waals surface area (Å²) in [5.74, 6) is 0. The lowest BCUT2D eigenvalue weighted by Crippen LogP contribution is -2.57. The Balaban J connectivity index is -0.000000384. The van der Waals surface area contributed by atoms with E-state index < -0.39 is 68.9 Å². The van der Waals surface area contributed by atoms with E-state index in [1.165, 1.54) is 6.04 Å². The third-order valence-electron chi connectivity index (χ3n) is 4.85. The van der Waals surface area contributed by atoms with Gasteiger partial charge in [0.15, 0.2) is 17.3 Å². The lowest BCUT2D eigenvalue weighted by molar-refractivity contribution is 0.965. The van der Waals surface area contributed by atoms with Crippen molar-refractivity contribution in [2.24, 2.45) is 0 Å². The maximum Gasteiger partial charge on any atom is 0.296 e. The van der Waals surface area contributed by atoms with Gasteiger partial charge in [0, 0.05) is 0 Å². The van der Waals surface area contributed by atoms with Crippen molar-refractivity contribution in [1.29, 1.82) is 0 Å². The van der Waals surface area contributed by atoms with Crippen LogP contribution in [0.4, 0.5) is 0 Å². The third-order valence-corrected chi connectivity index (χ3v) is 51.0. The fourth-order valence-corrected chi connectivity index (χ4v) is 50.5. The minimum atomic E-state index is -1.50. The molecule has 0 heterocycles. The zero-order valence-electron chi connectivity index (χ0n) is 22.8. The highest BCUT2D eigenvalue weighted by molar-refractivity contribution is 7.35. The quantitative estimate of drug-likeness (QED) is 0.250. The smallest absolute Gasteiger partial charge is 0.296 e. The topological polar surface area (TPSA) is 9.72 Å². The molecule has 0 bridgehead atoms. The average Bonchev–Trinajstić information content (AvgIpc) is 2.52. The Morgan fingerprint density at radius 1 is 0.677 bits per heavy atom. The summed E-state index contributed by atoms with van der Waals surface area (Å²) < 4.78 is 7.85. The first kappa shape index (κ1) is 38.5. The highest BCUT2D eigenvalue weighted by Crippen LogP contribution is 2.18. The third kappa shape index (κ3) is 18.9. The highest BCUT2D eigenvalue weighted by atomic mass is 35.7. The van der Waals surface area contributed by atoms with Crippen LogP contribution in [0.15, 0.2) is 0 Å². The Morgan fingerprint density at radius 3 is 1.06 bits per heavy atom. The van der Waals surface area contributed by atoms with Crippen molar-refractivity contribution in [3.63, 3.8) is 0 Å². The molecular weight excluding hydrogens is 617 g/mol. The first-order valence-corrected chi connectivity index (χ1v) is 39.1. The van der Waals surface area contributed by atoms with Gasteiger partial charge in [0.25, 0.3) is 7.58 Å². The number of halogens is 4. The molecule has 0 saturated carbocycles. The molecule has 3 nitrogen and oxygen atoms in total. The fourth-order valence-electron chi connectivity index (χ4n) is 3.63. The van der Waals surface area contributed by atoms with Gasteiger partial charge in [-0.1, -0.05) is 92.0 Å². The van der Waals surface area contributed by atoms with Gasteiger partial charge in [0.2, 0.25) is 0 Å². The number of nitrogens with zero attached hydrogens (tertiary/aromatic N) is 3. The standard InChI is InChI=1S/C7H22ClNSi3.C4H15Cl2NSi3.C4H16ClNSi3/c1-7-11(8)9(10(2)3)12(4,5)6;1-8(2)7(9(3)4)10(5)6;1-8(2)6(7-5)9(3)4/h10-11H,7H2,1-6H3;8-10H,1-4H3;8-9H,7H2,1-4H3. The van der Waals surface area contributed by atoms with E-state index in [2.05, 4.69) is 104 Å². The van der Waals surface area contributed by atoms with Gasteiger partial charge in [-0.3, -0.25) is 0 Å². The van der Waals surface area contributed by atoms with Crippen molar-refractivity contribution in [1.82, 2.24) is 11.7 Å². The molecule has 0 aromatic carbocycles. The average molecular weight is 670 g/mol. The van der Waals surface area contributed by atoms with Gasteiger partial charge in [0.05, 0.1) is 44.8 Å². The molecule has 0 amide bonds. The second-order valence-corrected chi connectivity index (χ2v) is 44.3. The lowest BCUT2D eigenvalue weighted by Gasteiger charge is -2.40. The molecule has 0 rings (SSSR count). The zero-order chi connectivity index (χ0) is 25.7. The van der Waals surface area contributed by atoms with Gasteiger partial charge in [-0.2, -0.15) is 22.2 Å². The van der Waals surface area contributed by atoms with E-state index in [1.807, 2.05) is 0 Å². The predicted octanol–water partition coefficient (Wildman–Crippen LogP) is 4.53. The van der Waals surface area contributed by atoms with Crippen LogP contribution in [0.25, 0.3) is 0 Å². The van der Waals surface area contributed by atoms with Crippen LogP contribution in [0.3, 0.4) is 0 Å². The maximum atomic E-state index is 6.45. The molecule has 0 aliphatic heterocycles. The second kappa shape index (κ2) is 20.1. The van der Waals surface area contributed by atoms with E-state index in [4.69, 9.17) is 44.3 Å². The van der Waals surface area contributed by atoms with Crippen LogP contribution in [0.5, 0.6) is 0 Å². The van der Waals surface area contributed by atoms with Crippen LogP contribution in [-0.4, -0.2) is 89.6 Å². The molecular formula is C15H53Cl4N3Si9. The Bertz CT molecular complexity index is 404. The van der Waals surface area contributed by atoms with Crippen LogP contribution >= 0.6 is 44.3 Å². The van der Waals surface area contributed by atoms with Crippen molar-refractivity contribution in [3.8, 4) is 0 Å². The minimum absolute atomic E-state index is 0.338. The molecule has 0 aliphatic rings. The Kier molecular flexibility index (Phi) is 25.0. The van der Waals surface area contributed by atoms with Crippen LogP contribution in [0, 0.1) is 0 Å². The predicted molar refractivity (Wildman–Crippen MR) is 180 cm³/mol. The molecule has 0 aromatic heterocycles. The molecule has 0 radical (unpaired) electrons. The summed E-state index contributed by atoms with van der Waals surface area (Å²) in [6, 6.07) is 1.21. The molecule has 0 spiro atoms. The molecule has 16 heteroatoms. The summed E-state index contributed by atoms with van der Waals surface area (Å²) >= 11 is 24.2. The SMILES string of the molecule is CC[SiH](Cl)N([SiH](C)C)[Si](C)(C)C.C[SiH](C)N([SiH2]Cl)[SiH](C)C.C[SiH](C)N([SiH](C)C)[SiH](Cl)Cl. The Morgan fingerprint density at radius 2 is 1.03 bits per heavy atom. The van der Waals surface area contributed by atoms with Gasteiger partial charge in [0.1, 0.15) is 8.24 Å². The van der Waals surface area contributed by atoms with Crippen molar-refractivity contribution in [2.45, 2.75) is 98.1 Å². The number of hydrogen-bond donors (Lipinski definition) is 0. The van der Waals surface area contributed by atoms with E-state index in [0.29, 0.717) is 0 Å². The van der Waals surface area contributed by atoms with Gasteiger partial charge in [-0.05, 0) is 6.04 Å². The summed E-state index contributed by atoms with van der Waals surface area (Å²) in [6.45, 7) is 32.9. The molecule has 1 atom stereocenters. The van der Waals surface area contributed by atoms with Gasteiger partial charge in [-0.15, -0.1) is 22.2 Å². The molecule has 1 unspecified atom stereocenters. The van der Waals surface area contributed by atoms with E-state index in [1.54, 1.807) is 0 Å². The minimum Gasteiger partial charge on any atom is -0.366 e. The van der Waals surface area contributed by atoms with Crippen LogP contribution in [0.2, 0.25) is 91.2 Å². The molecule has 0 fully saturated rings. The van der Waals surface area contributed by atoms with Gasteiger partial charge >= 0.3 is 0 Å². The van der Waals surface area contributed by atoms with Crippen molar-refractivity contribution in [2.75, 3.05) is 0 Å². The maximum absolute atomic E-state index is 6.45. The van der Waals surface area contributed by atoms with E-state index >= 15 is 0 Å². The summed E-state index contributed by atoms with van der Waals surface area (Å²) in [5.41, 5.74) is 0. The molecule has 0 saturated heterocycles. The fraction of sp³-hybridized carbons (Fsp3) is 1.00. The van der Waals surface area contributed by atoms with Gasteiger partial charge in [-0.25, -0.2) is 0 Å². The first-order chi connectivity index (χ1) is 13.9. The van der Waals surface area contributed by atoms with Crippen LogP contribution in [-0.2, 0) is 0 Å². The highest BCUT2D eigenvalue weighted by Gasteiger charge is 2.31. The van der Waals surface area contributed by atoms with E-state index in [-0.39, 0.29) is 8.99 Å². The second-order valence-electron chi connectivity index (χ2n) is 10.2. The number of rotatable bonds is 10.